The van der Waals surface area contributed by atoms with E-state index in [0.29, 0.717) is 42.2 Å². The average Bonchev–Trinajstić information content (AvgIpc) is 3.61. The number of rotatable bonds is 14. The Hall–Kier alpha value is -1.18. The van der Waals surface area contributed by atoms with Gasteiger partial charge >= 0.3 is 0 Å². The van der Waals surface area contributed by atoms with Gasteiger partial charge in [0.2, 0.25) is 0 Å². The van der Waals surface area contributed by atoms with Crippen molar-refractivity contribution in [2.45, 2.75) is 115 Å². The van der Waals surface area contributed by atoms with Crippen LogP contribution in [0.3, 0.4) is 0 Å². The molecule has 3 fully saturated rings. The lowest BCUT2D eigenvalue weighted by Gasteiger charge is -2.22. The Morgan fingerprint density at radius 2 is 1.56 bits per heavy atom. The van der Waals surface area contributed by atoms with Gasteiger partial charge in [0.15, 0.2) is 0 Å². The van der Waals surface area contributed by atoms with Gasteiger partial charge in [0.05, 0.1) is 19.3 Å². The van der Waals surface area contributed by atoms with Crippen LogP contribution in [-0.2, 0) is 9.47 Å². The van der Waals surface area contributed by atoms with Gasteiger partial charge in [-0.25, -0.2) is 0 Å². The van der Waals surface area contributed by atoms with Crippen molar-refractivity contribution in [1.29, 1.82) is 0 Å². The van der Waals surface area contributed by atoms with E-state index in [-0.39, 0.29) is 0 Å². The zero-order valence-corrected chi connectivity index (χ0v) is 23.3. The summed E-state index contributed by atoms with van der Waals surface area (Å²) in [4.78, 5) is 0. The highest BCUT2D eigenvalue weighted by atomic mass is 16.5. The highest BCUT2D eigenvalue weighted by Gasteiger charge is 2.28. The average molecular weight is 501 g/mol. The molecule has 3 aliphatic rings. The van der Waals surface area contributed by atoms with E-state index >= 15 is 0 Å². The van der Waals surface area contributed by atoms with Gasteiger partial charge in [-0.1, -0.05) is 25.1 Å². The molecule has 1 aromatic rings. The maximum Gasteiger partial charge on any atom is 0.0623 e. The molecule has 6 nitrogen and oxygen atoms in total. The number of anilines is 1. The first-order valence-corrected chi connectivity index (χ1v) is 14.7. The Kier molecular flexibility index (Phi) is 10.9. The van der Waals surface area contributed by atoms with E-state index in [9.17, 15) is 0 Å². The van der Waals surface area contributed by atoms with Gasteiger partial charge < -0.3 is 30.7 Å². The first-order chi connectivity index (χ1) is 17.5. The Bertz CT molecular complexity index is 764. The number of benzene rings is 1. The number of hydrogen-bond donors (Lipinski definition) is 4. The van der Waals surface area contributed by atoms with Crippen molar-refractivity contribution in [1.82, 2.24) is 16.0 Å². The summed E-state index contributed by atoms with van der Waals surface area (Å²) in [7, 11) is 0. The van der Waals surface area contributed by atoms with E-state index in [4.69, 9.17) is 9.47 Å². The molecule has 3 heterocycles. The van der Waals surface area contributed by atoms with Crippen LogP contribution in [0.1, 0.15) is 76.3 Å². The quantitative estimate of drug-likeness (QED) is 0.301. The molecule has 0 aromatic heterocycles. The van der Waals surface area contributed by atoms with Gasteiger partial charge in [-0.2, -0.15) is 0 Å². The second-order valence-electron chi connectivity index (χ2n) is 12.0. The molecule has 3 saturated heterocycles. The molecule has 0 aliphatic carbocycles. The van der Waals surface area contributed by atoms with E-state index in [2.05, 4.69) is 67.2 Å². The molecule has 7 atom stereocenters. The van der Waals surface area contributed by atoms with Gasteiger partial charge in [-0.3, -0.25) is 0 Å². The van der Waals surface area contributed by atoms with Crippen LogP contribution in [0.15, 0.2) is 18.2 Å². The Morgan fingerprint density at radius 1 is 0.861 bits per heavy atom. The van der Waals surface area contributed by atoms with E-state index in [0.717, 1.165) is 39.3 Å². The Morgan fingerprint density at radius 3 is 2.31 bits per heavy atom. The summed E-state index contributed by atoms with van der Waals surface area (Å²) >= 11 is 0. The zero-order valence-electron chi connectivity index (χ0n) is 23.3. The Labute approximate surface area is 220 Å². The molecule has 36 heavy (non-hydrogen) atoms. The largest absolute Gasteiger partial charge is 0.383 e. The van der Waals surface area contributed by atoms with Crippen LogP contribution in [0.4, 0.5) is 5.69 Å². The fraction of sp³-hybridized carbons (Fsp3) is 0.800. The van der Waals surface area contributed by atoms with Crippen LogP contribution >= 0.6 is 0 Å². The van der Waals surface area contributed by atoms with Crippen molar-refractivity contribution < 1.29 is 9.47 Å². The number of aryl methyl sites for hydroxylation is 2. The highest BCUT2D eigenvalue weighted by Crippen LogP contribution is 2.23. The van der Waals surface area contributed by atoms with Gasteiger partial charge in [-0.05, 0) is 95.7 Å². The lowest BCUT2D eigenvalue weighted by atomic mass is 10.0. The number of hydrogen-bond acceptors (Lipinski definition) is 6. The SMILES string of the molecule is Cc1cccc(C)c1NC[C@@H]1CCC(CC(C)OC[C@@H]2CC[C@H](CC(C)COC[C@@H]3CCCN3)N2)N1. The molecule has 0 saturated carbocycles. The molecule has 0 amide bonds. The van der Waals surface area contributed by atoms with Crippen molar-refractivity contribution in [3.63, 3.8) is 0 Å². The molecule has 1 aromatic carbocycles. The topological polar surface area (TPSA) is 66.6 Å². The number of nitrogens with one attached hydrogen (secondary N) is 4. The zero-order chi connectivity index (χ0) is 25.3. The van der Waals surface area contributed by atoms with E-state index in [1.807, 2.05) is 0 Å². The Balaban J connectivity index is 1.05. The molecule has 4 rings (SSSR count). The molecular formula is C30H52N4O2. The van der Waals surface area contributed by atoms with Crippen molar-refractivity contribution >= 4 is 5.69 Å². The lowest BCUT2D eigenvalue weighted by Crippen LogP contribution is -2.38. The smallest absolute Gasteiger partial charge is 0.0623 e. The summed E-state index contributed by atoms with van der Waals surface area (Å²) in [5, 5.41) is 14.9. The van der Waals surface area contributed by atoms with Gasteiger partial charge in [-0.15, -0.1) is 0 Å². The van der Waals surface area contributed by atoms with Crippen LogP contribution in [0.5, 0.6) is 0 Å². The molecule has 3 aliphatic heterocycles. The standard InChI is InChI=1S/C30H52N4O2/c1-21(18-35-19-28-9-6-14-31-28)15-25-11-13-29(34-25)20-36-24(4)16-26-10-12-27(33-26)17-32-30-22(2)7-5-8-23(30)3/h5,7-8,21,24-29,31-34H,6,9-20H2,1-4H3/t21?,24?,25-,26?,27+,28+,29+/m1/s1. The molecule has 204 valence electrons. The van der Waals surface area contributed by atoms with E-state index < -0.39 is 0 Å². The van der Waals surface area contributed by atoms with E-state index in [1.54, 1.807) is 0 Å². The van der Waals surface area contributed by atoms with Crippen molar-refractivity contribution in [2.24, 2.45) is 5.92 Å². The molecule has 0 spiro atoms. The molecular weight excluding hydrogens is 448 g/mol. The van der Waals surface area contributed by atoms with Gasteiger partial charge in [0.25, 0.3) is 0 Å². The molecule has 0 bridgehead atoms. The number of para-hydroxylation sites is 1. The maximum absolute atomic E-state index is 6.31. The van der Waals surface area contributed by atoms with E-state index in [1.165, 1.54) is 61.8 Å². The third-order valence-corrected chi connectivity index (χ3v) is 8.45. The lowest BCUT2D eigenvalue weighted by molar-refractivity contribution is 0.0409. The van der Waals surface area contributed by atoms with Crippen LogP contribution < -0.4 is 21.3 Å². The fourth-order valence-corrected chi connectivity index (χ4v) is 6.40. The van der Waals surface area contributed by atoms with Gasteiger partial charge in [0.1, 0.15) is 0 Å². The summed E-state index contributed by atoms with van der Waals surface area (Å²) < 4.78 is 12.3. The summed E-state index contributed by atoms with van der Waals surface area (Å²) in [5.74, 6) is 0.605. The van der Waals surface area contributed by atoms with Crippen LogP contribution in [0, 0.1) is 19.8 Å². The molecule has 0 radical (unpaired) electrons. The first-order valence-electron chi connectivity index (χ1n) is 14.7. The van der Waals surface area contributed by atoms with Crippen LogP contribution in [-0.4, -0.2) is 69.2 Å². The first kappa shape index (κ1) is 27.8. The van der Waals surface area contributed by atoms with Crippen molar-refractivity contribution in [3.05, 3.63) is 29.3 Å². The third kappa shape index (κ3) is 8.70. The molecule has 4 N–H and O–H groups in total. The minimum Gasteiger partial charge on any atom is -0.383 e. The highest BCUT2D eigenvalue weighted by molar-refractivity contribution is 5.56. The van der Waals surface area contributed by atoms with Gasteiger partial charge in [0, 0.05) is 49.0 Å². The molecule has 3 unspecified atom stereocenters. The summed E-state index contributed by atoms with van der Waals surface area (Å²) in [6.07, 6.45) is 10.1. The van der Waals surface area contributed by atoms with Crippen molar-refractivity contribution in [3.8, 4) is 0 Å². The minimum absolute atomic E-state index is 0.296. The monoisotopic (exact) mass is 500 g/mol. The van der Waals surface area contributed by atoms with Crippen LogP contribution in [0.2, 0.25) is 0 Å². The predicted molar refractivity (Wildman–Crippen MR) is 150 cm³/mol. The molecule has 6 heteroatoms. The summed E-state index contributed by atoms with van der Waals surface area (Å²) in [5.41, 5.74) is 3.95. The normalized spacial score (nSPS) is 30.1. The third-order valence-electron chi connectivity index (χ3n) is 8.45. The van der Waals surface area contributed by atoms with Crippen LogP contribution in [0.25, 0.3) is 0 Å². The summed E-state index contributed by atoms with van der Waals surface area (Å²) in [6, 6.07) is 9.30. The second kappa shape index (κ2) is 14.1. The maximum atomic E-state index is 6.31. The number of ether oxygens (including phenoxy) is 2. The van der Waals surface area contributed by atoms with Crippen molar-refractivity contribution in [2.75, 3.05) is 38.2 Å². The predicted octanol–water partition coefficient (Wildman–Crippen LogP) is 4.55. The fourth-order valence-electron chi connectivity index (χ4n) is 6.40. The minimum atomic E-state index is 0.296. The summed E-state index contributed by atoms with van der Waals surface area (Å²) in [6.45, 7) is 13.7. The second-order valence-corrected chi connectivity index (χ2v) is 12.0.